The number of nitrogens with two attached hydrogens (primary N) is 1. The number of ether oxygens (including phenoxy) is 1. The summed E-state index contributed by atoms with van der Waals surface area (Å²) in [6.45, 7) is 0.702. The number of primary amides is 1. The van der Waals surface area contributed by atoms with E-state index in [0.717, 1.165) is 11.1 Å². The third-order valence-electron chi connectivity index (χ3n) is 4.25. The molecule has 0 unspecified atom stereocenters. The van der Waals surface area contributed by atoms with Crippen LogP contribution in [0.25, 0.3) is 0 Å². The van der Waals surface area contributed by atoms with E-state index in [1.54, 1.807) is 24.3 Å². The summed E-state index contributed by atoms with van der Waals surface area (Å²) in [6, 6.07) is 15.7. The number of nitrogens with zero attached hydrogens (tertiary/aromatic N) is 1. The molecule has 8 heteroatoms. The van der Waals surface area contributed by atoms with Crippen LogP contribution >= 0.6 is 23.2 Å². The van der Waals surface area contributed by atoms with Gasteiger partial charge in [-0.15, -0.1) is 0 Å². The Morgan fingerprint density at radius 3 is 2.67 bits per heavy atom. The number of benzene rings is 2. The molecule has 0 spiro atoms. The molecule has 154 valence electrons. The van der Waals surface area contributed by atoms with Crippen molar-refractivity contribution in [3.63, 3.8) is 0 Å². The number of carbonyl (C=O) groups is 2. The second-order valence-electron chi connectivity index (χ2n) is 6.48. The Kier molecular flexibility index (Phi) is 7.27. The van der Waals surface area contributed by atoms with E-state index in [9.17, 15) is 9.59 Å². The number of carbonyl (C=O) groups excluding carboxylic acids is 2. The third-order valence-corrected chi connectivity index (χ3v) is 4.82. The van der Waals surface area contributed by atoms with Crippen molar-refractivity contribution in [2.75, 3.05) is 6.54 Å². The lowest BCUT2D eigenvalue weighted by Gasteiger charge is -2.10. The number of hydrogen-bond donors (Lipinski definition) is 2. The van der Waals surface area contributed by atoms with Gasteiger partial charge >= 0.3 is 0 Å². The standard InChI is InChI=1S/C22H19Cl2N3O3/c23-16-4-5-19(24)18(12-16)22(29)27-9-6-14-2-1-3-17(10-14)30-13-15-7-8-26-20(11-15)21(25)28/h1-5,7-8,10-12H,6,9,13H2,(H2,25,28)(H,27,29). The van der Waals surface area contributed by atoms with Crippen LogP contribution in [0, 0.1) is 0 Å². The van der Waals surface area contributed by atoms with Crippen LogP contribution in [-0.2, 0) is 13.0 Å². The van der Waals surface area contributed by atoms with Crippen LogP contribution in [0.5, 0.6) is 5.75 Å². The highest BCUT2D eigenvalue weighted by Crippen LogP contribution is 2.20. The van der Waals surface area contributed by atoms with E-state index in [2.05, 4.69) is 10.3 Å². The van der Waals surface area contributed by atoms with Gasteiger partial charge in [-0.1, -0.05) is 35.3 Å². The maximum atomic E-state index is 12.3. The van der Waals surface area contributed by atoms with Crippen LogP contribution in [-0.4, -0.2) is 23.3 Å². The predicted molar refractivity (Wildman–Crippen MR) is 116 cm³/mol. The van der Waals surface area contributed by atoms with Crippen molar-refractivity contribution in [2.24, 2.45) is 5.73 Å². The van der Waals surface area contributed by atoms with Crippen molar-refractivity contribution in [3.8, 4) is 5.75 Å². The number of aromatic nitrogens is 1. The zero-order valence-corrected chi connectivity index (χ0v) is 17.4. The first-order valence-corrected chi connectivity index (χ1v) is 9.87. The molecule has 0 aliphatic heterocycles. The number of pyridine rings is 1. The Hall–Kier alpha value is -3.09. The smallest absolute Gasteiger partial charge is 0.267 e. The number of nitrogens with one attached hydrogen (secondary N) is 1. The fraction of sp³-hybridized carbons (Fsp3) is 0.136. The van der Waals surface area contributed by atoms with Crippen LogP contribution in [0.15, 0.2) is 60.8 Å². The van der Waals surface area contributed by atoms with E-state index >= 15 is 0 Å². The molecule has 2 amide bonds. The summed E-state index contributed by atoms with van der Waals surface area (Å²) in [5.74, 6) is -0.188. The van der Waals surface area contributed by atoms with E-state index in [1.165, 1.54) is 12.3 Å². The topological polar surface area (TPSA) is 94.3 Å². The molecule has 0 fully saturated rings. The molecule has 0 saturated heterocycles. The third kappa shape index (κ3) is 5.95. The molecule has 3 aromatic rings. The fourth-order valence-corrected chi connectivity index (χ4v) is 3.12. The maximum absolute atomic E-state index is 12.3. The van der Waals surface area contributed by atoms with Gasteiger partial charge in [0, 0.05) is 17.8 Å². The van der Waals surface area contributed by atoms with Gasteiger partial charge < -0.3 is 15.8 Å². The lowest BCUT2D eigenvalue weighted by molar-refractivity contribution is 0.0952. The molecular formula is C22H19Cl2N3O3. The van der Waals surface area contributed by atoms with Gasteiger partial charge in [0.1, 0.15) is 18.1 Å². The van der Waals surface area contributed by atoms with E-state index in [1.807, 2.05) is 24.3 Å². The van der Waals surface area contributed by atoms with Gasteiger partial charge in [-0.2, -0.15) is 0 Å². The van der Waals surface area contributed by atoms with E-state index in [-0.39, 0.29) is 18.2 Å². The van der Waals surface area contributed by atoms with Crippen molar-refractivity contribution in [1.82, 2.24) is 10.3 Å². The van der Waals surface area contributed by atoms with Crippen molar-refractivity contribution >= 4 is 35.0 Å². The monoisotopic (exact) mass is 443 g/mol. The van der Waals surface area contributed by atoms with Crippen LogP contribution in [0.3, 0.4) is 0 Å². The number of hydrogen-bond acceptors (Lipinski definition) is 4. The summed E-state index contributed by atoms with van der Waals surface area (Å²) in [5, 5.41) is 3.64. The van der Waals surface area contributed by atoms with Gasteiger partial charge in [0.05, 0.1) is 10.6 Å². The Morgan fingerprint density at radius 1 is 1.03 bits per heavy atom. The molecule has 30 heavy (non-hydrogen) atoms. The van der Waals surface area contributed by atoms with Crippen molar-refractivity contribution in [2.45, 2.75) is 13.0 Å². The average Bonchev–Trinajstić information content (AvgIpc) is 2.74. The summed E-state index contributed by atoms with van der Waals surface area (Å²) < 4.78 is 5.79. The number of amides is 2. The molecular weight excluding hydrogens is 425 g/mol. The molecule has 0 aliphatic carbocycles. The molecule has 0 atom stereocenters. The molecule has 3 rings (SSSR count). The molecule has 0 radical (unpaired) electrons. The van der Waals surface area contributed by atoms with Crippen LogP contribution in [0.2, 0.25) is 10.0 Å². The fourth-order valence-electron chi connectivity index (χ4n) is 2.74. The van der Waals surface area contributed by atoms with E-state index < -0.39 is 5.91 Å². The Balaban J connectivity index is 1.54. The number of rotatable bonds is 8. The van der Waals surface area contributed by atoms with Gasteiger partial charge in [-0.25, -0.2) is 0 Å². The average molecular weight is 444 g/mol. The molecule has 6 nitrogen and oxygen atoms in total. The van der Waals surface area contributed by atoms with Gasteiger partial charge in [0.2, 0.25) is 0 Å². The summed E-state index contributed by atoms with van der Waals surface area (Å²) in [6.07, 6.45) is 2.13. The minimum absolute atomic E-state index is 0.195. The first kappa shape index (κ1) is 21.6. The van der Waals surface area contributed by atoms with E-state index in [0.29, 0.717) is 34.3 Å². The van der Waals surface area contributed by atoms with Gasteiger partial charge in [-0.05, 0) is 60.0 Å². The van der Waals surface area contributed by atoms with Crippen LogP contribution < -0.4 is 15.8 Å². The van der Waals surface area contributed by atoms with E-state index in [4.69, 9.17) is 33.7 Å². The molecule has 1 aromatic heterocycles. The summed E-state index contributed by atoms with van der Waals surface area (Å²) in [4.78, 5) is 27.4. The quantitative estimate of drug-likeness (QED) is 0.549. The summed E-state index contributed by atoms with van der Waals surface area (Å²) >= 11 is 12.0. The van der Waals surface area contributed by atoms with Crippen molar-refractivity contribution in [3.05, 3.63) is 93.2 Å². The first-order chi connectivity index (χ1) is 14.4. The molecule has 3 N–H and O–H groups in total. The molecule has 0 bridgehead atoms. The Bertz CT molecular complexity index is 1070. The second-order valence-corrected chi connectivity index (χ2v) is 7.32. The molecule has 0 saturated carbocycles. The maximum Gasteiger partial charge on any atom is 0.267 e. The zero-order chi connectivity index (χ0) is 21.5. The minimum atomic E-state index is -0.583. The summed E-state index contributed by atoms with van der Waals surface area (Å²) in [5.41, 5.74) is 7.57. The molecule has 2 aromatic carbocycles. The second kappa shape index (κ2) is 10.1. The number of halogens is 2. The Morgan fingerprint density at radius 2 is 1.87 bits per heavy atom. The SMILES string of the molecule is NC(=O)c1cc(COc2cccc(CCNC(=O)c3cc(Cl)ccc3Cl)c2)ccn1. The predicted octanol–water partition coefficient (Wildman–Crippen LogP) is 4.04. The largest absolute Gasteiger partial charge is 0.489 e. The van der Waals surface area contributed by atoms with Crippen molar-refractivity contribution in [1.29, 1.82) is 0 Å². The van der Waals surface area contributed by atoms with Gasteiger partial charge in [-0.3, -0.25) is 14.6 Å². The van der Waals surface area contributed by atoms with Crippen LogP contribution in [0.4, 0.5) is 0 Å². The van der Waals surface area contributed by atoms with Crippen LogP contribution in [0.1, 0.15) is 32.0 Å². The Labute approximate surface area is 184 Å². The first-order valence-electron chi connectivity index (χ1n) is 9.12. The highest BCUT2D eigenvalue weighted by atomic mass is 35.5. The summed E-state index contributed by atoms with van der Waals surface area (Å²) in [7, 11) is 0. The lowest BCUT2D eigenvalue weighted by atomic mass is 10.1. The normalized spacial score (nSPS) is 10.5. The zero-order valence-electron chi connectivity index (χ0n) is 15.9. The van der Waals surface area contributed by atoms with Gasteiger partial charge in [0.25, 0.3) is 11.8 Å². The molecule has 1 heterocycles. The molecule has 0 aliphatic rings. The minimum Gasteiger partial charge on any atom is -0.489 e. The van der Waals surface area contributed by atoms with Crippen molar-refractivity contribution < 1.29 is 14.3 Å². The highest BCUT2D eigenvalue weighted by molar-refractivity contribution is 6.35. The lowest BCUT2D eigenvalue weighted by Crippen LogP contribution is -2.26. The van der Waals surface area contributed by atoms with Gasteiger partial charge in [0.15, 0.2) is 0 Å². The highest BCUT2D eigenvalue weighted by Gasteiger charge is 2.10.